The molecule has 1 heterocycles. The van der Waals surface area contributed by atoms with Gasteiger partial charge in [0.15, 0.2) is 5.02 Å². The fourth-order valence-corrected chi connectivity index (χ4v) is 3.26. The third-order valence-corrected chi connectivity index (χ3v) is 5.05. The minimum atomic E-state index is -0.603. The van der Waals surface area contributed by atoms with Gasteiger partial charge in [0.05, 0.1) is 23.9 Å². The lowest BCUT2D eigenvalue weighted by atomic mass is 10.1. The van der Waals surface area contributed by atoms with E-state index in [2.05, 4.69) is 5.10 Å². The Balaban J connectivity index is 1.69. The largest absolute Gasteiger partial charge is 0.408 e. The molecule has 3 aromatic rings. The zero-order valence-electron chi connectivity index (χ0n) is 16.0. The number of benzene rings is 2. The Kier molecular flexibility index (Phi) is 6.61. The van der Waals surface area contributed by atoms with Crippen LogP contribution in [0.5, 0.6) is 0 Å². The first-order valence-electron chi connectivity index (χ1n) is 9.24. The number of aromatic nitrogens is 2. The zero-order chi connectivity index (χ0) is 20.8. The lowest BCUT2D eigenvalue weighted by Gasteiger charge is -2.23. The quantitative estimate of drug-likeness (QED) is 0.394. The Morgan fingerprint density at radius 1 is 1.14 bits per heavy atom. The van der Waals surface area contributed by atoms with Crippen LogP contribution in [-0.2, 0) is 17.9 Å². The molecule has 0 fully saturated rings. The van der Waals surface area contributed by atoms with Crippen molar-refractivity contribution >= 4 is 29.0 Å². The van der Waals surface area contributed by atoms with E-state index in [9.17, 15) is 14.9 Å². The van der Waals surface area contributed by atoms with Crippen LogP contribution in [0.25, 0.3) is 0 Å². The number of anilines is 1. The van der Waals surface area contributed by atoms with Gasteiger partial charge in [-0.15, -0.1) is 0 Å². The van der Waals surface area contributed by atoms with Crippen LogP contribution in [0.15, 0.2) is 60.7 Å². The fraction of sp³-hybridized carbons (Fsp3) is 0.238. The molecule has 0 bridgehead atoms. The highest BCUT2D eigenvalue weighted by Crippen LogP contribution is 2.26. The molecule has 150 valence electrons. The highest BCUT2D eigenvalue weighted by molar-refractivity contribution is 6.33. The topological polar surface area (TPSA) is 81.3 Å². The van der Waals surface area contributed by atoms with Gasteiger partial charge in [-0.1, -0.05) is 60.1 Å². The summed E-state index contributed by atoms with van der Waals surface area (Å²) in [6.45, 7) is 2.52. The summed E-state index contributed by atoms with van der Waals surface area (Å²) in [6.07, 6.45) is 0.777. The molecule has 3 rings (SSSR count). The normalized spacial score (nSPS) is 10.7. The van der Waals surface area contributed by atoms with Crippen LogP contribution in [0.1, 0.15) is 24.1 Å². The molecule has 29 heavy (non-hydrogen) atoms. The Labute approximate surface area is 173 Å². The number of para-hydroxylation sites is 1. The molecule has 1 amide bonds. The van der Waals surface area contributed by atoms with E-state index < -0.39 is 4.92 Å². The molecule has 0 unspecified atom stereocenters. The van der Waals surface area contributed by atoms with Crippen molar-refractivity contribution in [3.63, 3.8) is 0 Å². The summed E-state index contributed by atoms with van der Waals surface area (Å²) >= 11 is 5.97. The third kappa shape index (κ3) is 5.00. The summed E-state index contributed by atoms with van der Waals surface area (Å²) < 4.78 is 1.48. The maximum Gasteiger partial charge on any atom is 0.408 e. The Morgan fingerprint density at radius 3 is 2.34 bits per heavy atom. The minimum Gasteiger partial charge on any atom is -0.358 e. The van der Waals surface area contributed by atoms with Gasteiger partial charge in [-0.05, 0) is 36.0 Å². The number of nitrogens with zero attached hydrogens (tertiary/aromatic N) is 4. The lowest BCUT2D eigenvalue weighted by Crippen LogP contribution is -2.30. The summed E-state index contributed by atoms with van der Waals surface area (Å²) in [5, 5.41) is 14.9. The van der Waals surface area contributed by atoms with Crippen LogP contribution in [0.2, 0.25) is 5.02 Å². The van der Waals surface area contributed by atoms with E-state index in [4.69, 9.17) is 11.6 Å². The zero-order valence-corrected chi connectivity index (χ0v) is 16.7. The first-order valence-corrected chi connectivity index (χ1v) is 9.62. The Morgan fingerprint density at radius 2 is 1.76 bits per heavy atom. The van der Waals surface area contributed by atoms with Gasteiger partial charge in [-0.3, -0.25) is 4.79 Å². The highest BCUT2D eigenvalue weighted by Gasteiger charge is 2.24. The highest BCUT2D eigenvalue weighted by atomic mass is 35.5. The number of carbonyl (C=O) groups excluding carboxylic acids is 1. The van der Waals surface area contributed by atoms with Gasteiger partial charge in [-0.2, -0.15) is 4.68 Å². The van der Waals surface area contributed by atoms with Crippen LogP contribution in [0.4, 0.5) is 11.5 Å². The van der Waals surface area contributed by atoms with Gasteiger partial charge in [0.1, 0.15) is 0 Å². The molecule has 0 atom stereocenters. The van der Waals surface area contributed by atoms with E-state index in [0.717, 1.165) is 11.3 Å². The smallest absolute Gasteiger partial charge is 0.358 e. The van der Waals surface area contributed by atoms with E-state index in [0.29, 0.717) is 25.2 Å². The summed E-state index contributed by atoms with van der Waals surface area (Å²) in [7, 11) is 0. The van der Waals surface area contributed by atoms with Gasteiger partial charge in [0, 0.05) is 12.1 Å². The molecule has 1 aromatic heterocycles. The second-order valence-corrected chi connectivity index (χ2v) is 6.99. The predicted octanol–water partition coefficient (Wildman–Crippen LogP) is 4.77. The third-order valence-electron chi connectivity index (χ3n) is 4.60. The van der Waals surface area contributed by atoms with Crippen molar-refractivity contribution in [2.24, 2.45) is 0 Å². The van der Waals surface area contributed by atoms with Gasteiger partial charge >= 0.3 is 5.82 Å². The van der Waals surface area contributed by atoms with Crippen LogP contribution < -0.4 is 4.90 Å². The average molecular weight is 413 g/mol. The van der Waals surface area contributed by atoms with Crippen molar-refractivity contribution < 1.29 is 9.72 Å². The molecule has 0 radical (unpaired) electrons. The molecule has 0 N–H and O–H groups in total. The maximum absolute atomic E-state index is 13.0. The van der Waals surface area contributed by atoms with Gasteiger partial charge in [0.2, 0.25) is 5.91 Å². The molecule has 2 aromatic carbocycles. The first-order chi connectivity index (χ1) is 14.0. The average Bonchev–Trinajstić information content (AvgIpc) is 3.02. The molecule has 0 saturated heterocycles. The van der Waals surface area contributed by atoms with E-state index in [-0.39, 0.29) is 23.2 Å². The Hall–Kier alpha value is -3.19. The van der Waals surface area contributed by atoms with Crippen LogP contribution in [0.3, 0.4) is 0 Å². The molecule has 0 aliphatic heterocycles. The van der Waals surface area contributed by atoms with Gasteiger partial charge in [-0.25, -0.2) is 0 Å². The van der Waals surface area contributed by atoms with E-state index >= 15 is 0 Å². The molecule has 8 heteroatoms. The van der Waals surface area contributed by atoms with Crippen LogP contribution in [0, 0.1) is 17.0 Å². The standard InChI is InChI=1S/C21H21ClN4O3/c1-16-20(22)21(26(28)29)23-25(16)14-8-13-19(27)24(18-11-6-3-7-12-18)15-17-9-4-2-5-10-17/h2-7,9-12H,8,13-15H2,1H3. The molecule has 7 nitrogen and oxygen atoms in total. The number of carbonyl (C=O) groups is 1. The molecule has 0 aliphatic carbocycles. The molecule has 0 saturated carbocycles. The summed E-state index contributed by atoms with van der Waals surface area (Å²) in [4.78, 5) is 25.1. The number of aryl methyl sites for hydroxylation is 1. The van der Waals surface area contributed by atoms with Crippen molar-refractivity contribution in [1.82, 2.24) is 9.78 Å². The second-order valence-electron chi connectivity index (χ2n) is 6.61. The molecular weight excluding hydrogens is 392 g/mol. The maximum atomic E-state index is 13.0. The van der Waals surface area contributed by atoms with Crippen molar-refractivity contribution in [2.45, 2.75) is 32.9 Å². The second kappa shape index (κ2) is 9.34. The number of amides is 1. The number of hydrogen-bond donors (Lipinski definition) is 0. The van der Waals surface area contributed by atoms with E-state index in [1.807, 2.05) is 60.7 Å². The summed E-state index contributed by atoms with van der Waals surface area (Å²) in [6, 6.07) is 19.3. The monoisotopic (exact) mass is 412 g/mol. The number of nitro groups is 1. The van der Waals surface area contributed by atoms with E-state index in [1.54, 1.807) is 11.8 Å². The van der Waals surface area contributed by atoms with E-state index in [1.165, 1.54) is 4.68 Å². The number of hydrogen-bond acceptors (Lipinski definition) is 4. The van der Waals surface area contributed by atoms with Crippen molar-refractivity contribution in [2.75, 3.05) is 4.90 Å². The van der Waals surface area contributed by atoms with Crippen molar-refractivity contribution in [3.8, 4) is 0 Å². The van der Waals surface area contributed by atoms with Gasteiger partial charge < -0.3 is 15.0 Å². The number of halogens is 1. The fourth-order valence-electron chi connectivity index (χ4n) is 3.06. The molecule has 0 aliphatic rings. The summed E-state index contributed by atoms with van der Waals surface area (Å²) in [5.74, 6) is -0.379. The predicted molar refractivity (Wildman–Crippen MR) is 112 cm³/mol. The number of rotatable bonds is 8. The van der Waals surface area contributed by atoms with Crippen LogP contribution >= 0.6 is 11.6 Å². The Bertz CT molecular complexity index is 990. The summed E-state index contributed by atoms with van der Waals surface area (Å²) in [5.41, 5.74) is 2.39. The van der Waals surface area contributed by atoms with Crippen LogP contribution in [-0.4, -0.2) is 20.6 Å². The molecular formula is C21H21ClN4O3. The lowest BCUT2D eigenvalue weighted by molar-refractivity contribution is -0.389. The van der Waals surface area contributed by atoms with Gasteiger partial charge in [0.25, 0.3) is 0 Å². The van der Waals surface area contributed by atoms with Crippen molar-refractivity contribution in [1.29, 1.82) is 0 Å². The SMILES string of the molecule is Cc1c(Cl)c([N+](=O)[O-])nn1CCCC(=O)N(Cc1ccccc1)c1ccccc1. The molecule has 0 spiro atoms. The first kappa shape index (κ1) is 20.5. The minimum absolute atomic E-state index is 0.0227. The van der Waals surface area contributed by atoms with Crippen molar-refractivity contribution in [3.05, 3.63) is 87.1 Å².